The van der Waals surface area contributed by atoms with Crippen molar-refractivity contribution in [3.8, 4) is 17.1 Å². The summed E-state index contributed by atoms with van der Waals surface area (Å²) in [7, 11) is -2.18. The lowest BCUT2D eigenvalue weighted by Crippen LogP contribution is -2.27. The lowest BCUT2D eigenvalue weighted by molar-refractivity contribution is 0.192. The number of fused-ring (bicyclic) bond motifs is 1. The zero-order valence-electron chi connectivity index (χ0n) is 15.0. The van der Waals surface area contributed by atoms with Crippen LogP contribution < -0.4 is 9.04 Å². The number of hydrogen-bond donors (Lipinski definition) is 1. The number of tetrazole rings is 1. The molecule has 1 aliphatic rings. The van der Waals surface area contributed by atoms with E-state index in [4.69, 9.17) is 4.74 Å². The lowest BCUT2D eigenvalue weighted by Gasteiger charge is -2.25. The van der Waals surface area contributed by atoms with Crippen LogP contribution in [0.2, 0.25) is 0 Å². The molecule has 4 rings (SSSR count). The second-order valence-electron chi connectivity index (χ2n) is 6.49. The van der Waals surface area contributed by atoms with Gasteiger partial charge in [-0.15, -0.1) is 10.2 Å². The highest BCUT2D eigenvalue weighted by Gasteiger charge is 2.25. The normalized spacial score (nSPS) is 16.4. The van der Waals surface area contributed by atoms with Gasteiger partial charge in [0.25, 0.3) is 10.0 Å². The largest absolute Gasteiger partial charge is 0.490 e. The van der Waals surface area contributed by atoms with Crippen molar-refractivity contribution < 1.29 is 13.2 Å². The molecule has 0 aliphatic carbocycles. The molecular weight excluding hydrogens is 366 g/mol. The maximum Gasteiger partial charge on any atom is 0.264 e. The average molecular weight is 385 g/mol. The molecule has 0 bridgehead atoms. The molecule has 0 saturated carbocycles. The molecule has 1 N–H and O–H groups in total. The first-order chi connectivity index (χ1) is 12.9. The monoisotopic (exact) mass is 385 g/mol. The summed E-state index contributed by atoms with van der Waals surface area (Å²) in [5.74, 6) is 1.16. The second kappa shape index (κ2) is 6.66. The van der Waals surface area contributed by atoms with Crippen LogP contribution in [0.15, 0.2) is 47.4 Å². The van der Waals surface area contributed by atoms with Crippen LogP contribution in [0, 0.1) is 0 Å². The number of anilines is 1. The third kappa shape index (κ3) is 3.25. The van der Waals surface area contributed by atoms with E-state index in [-0.39, 0.29) is 11.0 Å². The molecular formula is C18H19N5O3S. The Morgan fingerprint density at radius 2 is 2.07 bits per heavy atom. The fraction of sp³-hybridized carbons (Fsp3) is 0.278. The van der Waals surface area contributed by atoms with Crippen LogP contribution >= 0.6 is 0 Å². The van der Waals surface area contributed by atoms with Gasteiger partial charge in [-0.1, -0.05) is 12.1 Å². The first-order valence-corrected chi connectivity index (χ1v) is 10.0. The molecule has 9 heteroatoms. The van der Waals surface area contributed by atoms with Crippen LogP contribution in [-0.2, 0) is 16.4 Å². The SMILES string of the molecule is CC1CCc2cc(S(=O)(=O)N(C)c3cccc(-c4nn[nH]n4)c3)ccc2O1. The Morgan fingerprint density at radius 3 is 2.85 bits per heavy atom. The summed E-state index contributed by atoms with van der Waals surface area (Å²) in [6, 6.07) is 12.0. The van der Waals surface area contributed by atoms with E-state index in [1.54, 1.807) is 42.5 Å². The van der Waals surface area contributed by atoms with E-state index in [1.165, 1.54) is 11.4 Å². The van der Waals surface area contributed by atoms with Crippen molar-refractivity contribution in [2.75, 3.05) is 11.4 Å². The van der Waals surface area contributed by atoms with Crippen molar-refractivity contribution in [1.82, 2.24) is 20.6 Å². The Morgan fingerprint density at radius 1 is 1.22 bits per heavy atom. The van der Waals surface area contributed by atoms with Gasteiger partial charge in [0.15, 0.2) is 0 Å². The van der Waals surface area contributed by atoms with Gasteiger partial charge in [0.2, 0.25) is 5.82 Å². The molecule has 0 spiro atoms. The molecule has 1 atom stereocenters. The quantitative estimate of drug-likeness (QED) is 0.740. The molecule has 140 valence electrons. The maximum atomic E-state index is 13.1. The van der Waals surface area contributed by atoms with Gasteiger partial charge in [0, 0.05) is 12.6 Å². The third-order valence-corrected chi connectivity index (χ3v) is 6.43. The number of nitrogens with one attached hydrogen (secondary N) is 1. The molecule has 0 radical (unpaired) electrons. The Balaban J connectivity index is 1.67. The van der Waals surface area contributed by atoms with Crippen molar-refractivity contribution in [3.63, 3.8) is 0 Å². The fourth-order valence-corrected chi connectivity index (χ4v) is 4.32. The molecule has 0 fully saturated rings. The first-order valence-electron chi connectivity index (χ1n) is 8.57. The van der Waals surface area contributed by atoms with Crippen molar-refractivity contribution in [2.45, 2.75) is 30.8 Å². The van der Waals surface area contributed by atoms with E-state index in [2.05, 4.69) is 20.6 Å². The topological polar surface area (TPSA) is 101 Å². The van der Waals surface area contributed by atoms with Crippen LogP contribution in [-0.4, -0.2) is 42.2 Å². The Labute approximate surface area is 157 Å². The van der Waals surface area contributed by atoms with Gasteiger partial charge in [-0.3, -0.25) is 4.31 Å². The molecule has 3 aromatic rings. The van der Waals surface area contributed by atoms with E-state index in [0.29, 0.717) is 17.1 Å². The number of nitrogens with zero attached hydrogens (tertiary/aromatic N) is 4. The Bertz CT molecular complexity index is 1070. The Kier molecular flexibility index (Phi) is 4.31. The van der Waals surface area contributed by atoms with E-state index in [1.807, 2.05) is 6.92 Å². The van der Waals surface area contributed by atoms with Gasteiger partial charge in [0.05, 0.1) is 16.7 Å². The Hall–Kier alpha value is -2.94. The zero-order chi connectivity index (χ0) is 19.0. The van der Waals surface area contributed by atoms with Crippen molar-refractivity contribution in [2.24, 2.45) is 0 Å². The zero-order valence-corrected chi connectivity index (χ0v) is 15.8. The van der Waals surface area contributed by atoms with E-state index in [9.17, 15) is 8.42 Å². The summed E-state index contributed by atoms with van der Waals surface area (Å²) in [6.45, 7) is 2.01. The number of aryl methyl sites for hydroxylation is 1. The molecule has 0 saturated heterocycles. The molecule has 2 heterocycles. The van der Waals surface area contributed by atoms with Gasteiger partial charge in [0.1, 0.15) is 5.75 Å². The molecule has 1 aromatic heterocycles. The minimum atomic E-state index is -3.71. The second-order valence-corrected chi connectivity index (χ2v) is 8.46. The molecule has 1 aliphatic heterocycles. The van der Waals surface area contributed by atoms with Crippen LogP contribution in [0.1, 0.15) is 18.9 Å². The average Bonchev–Trinajstić information content (AvgIpc) is 3.22. The fourth-order valence-electron chi connectivity index (χ4n) is 3.08. The van der Waals surface area contributed by atoms with E-state index >= 15 is 0 Å². The van der Waals surface area contributed by atoms with Crippen LogP contribution in [0.25, 0.3) is 11.4 Å². The lowest BCUT2D eigenvalue weighted by atomic mass is 10.0. The summed E-state index contributed by atoms with van der Waals surface area (Å²) in [5.41, 5.74) is 2.11. The number of hydrogen-bond acceptors (Lipinski definition) is 6. The van der Waals surface area contributed by atoms with Gasteiger partial charge in [-0.2, -0.15) is 5.21 Å². The minimum absolute atomic E-state index is 0.149. The molecule has 2 aromatic carbocycles. The number of ether oxygens (including phenoxy) is 1. The van der Waals surface area contributed by atoms with E-state index in [0.717, 1.165) is 24.2 Å². The number of sulfonamides is 1. The van der Waals surface area contributed by atoms with Gasteiger partial charge in [-0.05, 0) is 60.9 Å². The molecule has 27 heavy (non-hydrogen) atoms. The van der Waals surface area contributed by atoms with Crippen molar-refractivity contribution >= 4 is 15.7 Å². The van der Waals surface area contributed by atoms with Crippen molar-refractivity contribution in [1.29, 1.82) is 0 Å². The van der Waals surface area contributed by atoms with Crippen LogP contribution in [0.5, 0.6) is 5.75 Å². The highest BCUT2D eigenvalue weighted by atomic mass is 32.2. The number of H-pyrrole nitrogens is 1. The van der Waals surface area contributed by atoms with Gasteiger partial charge in [-0.25, -0.2) is 8.42 Å². The van der Waals surface area contributed by atoms with Gasteiger partial charge >= 0.3 is 0 Å². The molecule has 8 nitrogen and oxygen atoms in total. The molecule has 0 amide bonds. The summed E-state index contributed by atoms with van der Waals surface area (Å²) >= 11 is 0. The molecule has 1 unspecified atom stereocenters. The number of aromatic amines is 1. The van der Waals surface area contributed by atoms with Gasteiger partial charge < -0.3 is 4.74 Å². The number of benzene rings is 2. The summed E-state index contributed by atoms with van der Waals surface area (Å²) < 4.78 is 33.3. The first kappa shape index (κ1) is 17.5. The highest BCUT2D eigenvalue weighted by molar-refractivity contribution is 7.92. The summed E-state index contributed by atoms with van der Waals surface area (Å²) in [6.07, 6.45) is 1.83. The maximum absolute atomic E-state index is 13.1. The third-order valence-electron chi connectivity index (χ3n) is 4.65. The summed E-state index contributed by atoms with van der Waals surface area (Å²) in [5, 5.41) is 13.8. The van der Waals surface area contributed by atoms with Crippen LogP contribution in [0.3, 0.4) is 0 Å². The standard InChI is InChI=1S/C18H19N5O3S/c1-12-6-7-13-11-16(8-9-17(13)26-12)27(24,25)23(2)15-5-3-4-14(10-15)18-19-21-22-20-18/h3-5,8-12H,6-7H2,1-2H3,(H,19,20,21,22). The van der Waals surface area contributed by atoms with Crippen molar-refractivity contribution in [3.05, 3.63) is 48.0 Å². The smallest absolute Gasteiger partial charge is 0.264 e. The van der Waals surface area contributed by atoms with E-state index < -0.39 is 10.0 Å². The minimum Gasteiger partial charge on any atom is -0.490 e. The highest BCUT2D eigenvalue weighted by Crippen LogP contribution is 2.32. The van der Waals surface area contributed by atoms with Crippen LogP contribution in [0.4, 0.5) is 5.69 Å². The summed E-state index contributed by atoms with van der Waals surface area (Å²) in [4.78, 5) is 0.242. The predicted octanol–water partition coefficient (Wildman–Crippen LogP) is 2.41. The number of aromatic nitrogens is 4. The predicted molar refractivity (Wildman–Crippen MR) is 100 cm³/mol. The number of rotatable bonds is 4.